The Labute approximate surface area is 294 Å². The van der Waals surface area contributed by atoms with Crippen LogP contribution in [0.5, 0.6) is 0 Å². The molecule has 0 N–H and O–H groups in total. The van der Waals surface area contributed by atoms with E-state index < -0.39 is 0 Å². The molecule has 0 atom stereocenters. The van der Waals surface area contributed by atoms with E-state index in [4.69, 9.17) is 0 Å². The van der Waals surface area contributed by atoms with Gasteiger partial charge in [-0.25, -0.2) is 0 Å². The lowest BCUT2D eigenvalue weighted by atomic mass is 9.93. The lowest BCUT2D eigenvalue weighted by Crippen LogP contribution is -2.11. The summed E-state index contributed by atoms with van der Waals surface area (Å²) in [4.78, 5) is 2.48. The highest BCUT2D eigenvalue weighted by atomic mass is 32.1. The summed E-state index contributed by atoms with van der Waals surface area (Å²) in [5, 5.41) is 10.1. The highest BCUT2D eigenvalue weighted by Crippen LogP contribution is 2.48. The zero-order chi connectivity index (χ0) is 33.0. The minimum atomic E-state index is 1.12. The monoisotopic (exact) mass is 653 g/mol. The Morgan fingerprint density at radius 2 is 0.980 bits per heavy atom. The van der Waals surface area contributed by atoms with E-state index in [-0.39, 0.29) is 0 Å². The lowest BCUT2D eigenvalue weighted by molar-refractivity contribution is 1.30. The second-order valence-corrected chi connectivity index (χ2v) is 14.0. The largest absolute Gasteiger partial charge is 0.309 e. The fraction of sp³-hybridized carbons (Fsp3) is 0. The number of thiophene rings is 1. The van der Waals surface area contributed by atoms with Crippen LogP contribution >= 0.6 is 11.3 Å². The summed E-state index contributed by atoms with van der Waals surface area (Å²) in [6.07, 6.45) is 0. The molecule has 10 rings (SSSR count). The first kappa shape index (κ1) is 28.8. The van der Waals surface area contributed by atoms with Gasteiger partial charge >= 0.3 is 0 Å². The first-order chi connectivity index (χ1) is 24.8. The third-order valence-electron chi connectivity index (χ3n) is 10.0. The van der Waals surface area contributed by atoms with E-state index in [1.165, 1.54) is 80.4 Å². The second-order valence-electron chi connectivity index (χ2n) is 12.9. The number of nitrogens with zero attached hydrogens (tertiary/aromatic N) is 1. The molecule has 0 aliphatic heterocycles. The van der Waals surface area contributed by atoms with Crippen LogP contribution < -0.4 is 4.90 Å². The summed E-state index contributed by atoms with van der Waals surface area (Å²) >= 11 is 1.86. The summed E-state index contributed by atoms with van der Waals surface area (Å²) in [7, 11) is 0. The molecule has 1 nitrogen and oxygen atoms in total. The molecule has 50 heavy (non-hydrogen) atoms. The maximum absolute atomic E-state index is 2.48. The van der Waals surface area contributed by atoms with Crippen molar-refractivity contribution in [2.24, 2.45) is 0 Å². The number of fused-ring (bicyclic) bond motifs is 7. The molecule has 0 aliphatic carbocycles. The summed E-state index contributed by atoms with van der Waals surface area (Å²) in [5.41, 5.74) is 8.26. The van der Waals surface area contributed by atoms with Crippen LogP contribution in [0.4, 0.5) is 17.1 Å². The van der Waals surface area contributed by atoms with Crippen molar-refractivity contribution < 1.29 is 0 Å². The molecule has 1 aromatic heterocycles. The van der Waals surface area contributed by atoms with Gasteiger partial charge < -0.3 is 4.90 Å². The van der Waals surface area contributed by atoms with Gasteiger partial charge in [0.15, 0.2) is 0 Å². The smallest absolute Gasteiger partial charge is 0.0555 e. The molecule has 234 valence electrons. The van der Waals surface area contributed by atoms with Gasteiger partial charge in [-0.2, -0.15) is 0 Å². The molecule has 0 unspecified atom stereocenters. The fourth-order valence-corrected chi connectivity index (χ4v) is 8.85. The molecule has 0 radical (unpaired) electrons. The van der Waals surface area contributed by atoms with Crippen LogP contribution in [0.25, 0.3) is 74.7 Å². The molecular weight excluding hydrogens is 623 g/mol. The summed E-state index contributed by atoms with van der Waals surface area (Å²) in [6.45, 7) is 0. The fourth-order valence-electron chi connectivity index (χ4n) is 7.73. The topological polar surface area (TPSA) is 3.24 Å². The Bertz CT molecular complexity index is 2900. The molecule has 10 aromatic rings. The van der Waals surface area contributed by atoms with Gasteiger partial charge in [-0.1, -0.05) is 140 Å². The molecule has 0 amide bonds. The molecule has 2 heteroatoms. The summed E-state index contributed by atoms with van der Waals surface area (Å²) < 4.78 is 2.59. The Morgan fingerprint density at radius 1 is 0.340 bits per heavy atom. The van der Waals surface area contributed by atoms with Crippen molar-refractivity contribution in [3.8, 4) is 22.3 Å². The lowest BCUT2D eigenvalue weighted by Gasteiger charge is -2.29. The zero-order valence-electron chi connectivity index (χ0n) is 27.3. The standard InChI is InChI=1S/C48H31NS/c1-2-14-33-29-36(28-27-32(33)13-1)39-19-7-9-23-44(39)49(45-24-12-26-47-48(45)42-22-8-10-25-46(42)50-47)37-17-11-16-34(30-37)43-31-35-15-3-4-18-38(35)40-20-5-6-21-41(40)43/h1-31H. The van der Waals surface area contributed by atoms with E-state index in [1.54, 1.807) is 0 Å². The Hall–Kier alpha value is -6.22. The van der Waals surface area contributed by atoms with E-state index in [2.05, 4.69) is 193 Å². The third-order valence-corrected chi connectivity index (χ3v) is 11.1. The maximum atomic E-state index is 2.48. The van der Waals surface area contributed by atoms with Crippen LogP contribution in [-0.4, -0.2) is 0 Å². The highest BCUT2D eigenvalue weighted by molar-refractivity contribution is 7.26. The van der Waals surface area contributed by atoms with Crippen molar-refractivity contribution in [1.29, 1.82) is 0 Å². The molecule has 0 saturated heterocycles. The maximum Gasteiger partial charge on any atom is 0.0555 e. The zero-order valence-corrected chi connectivity index (χ0v) is 28.1. The quantitative estimate of drug-likeness (QED) is 0.167. The van der Waals surface area contributed by atoms with Crippen molar-refractivity contribution >= 4 is 80.9 Å². The second kappa shape index (κ2) is 11.7. The average molecular weight is 654 g/mol. The van der Waals surface area contributed by atoms with Crippen LogP contribution in [0.15, 0.2) is 188 Å². The SMILES string of the molecule is c1cc(-c2cc3ccccc3c3ccccc23)cc(N(c2ccccc2-c2ccc3ccccc3c2)c2cccc3sc4ccccc4c23)c1. The first-order valence-electron chi connectivity index (χ1n) is 17.1. The van der Waals surface area contributed by atoms with Crippen molar-refractivity contribution in [1.82, 2.24) is 0 Å². The first-order valence-corrected chi connectivity index (χ1v) is 17.9. The van der Waals surface area contributed by atoms with Crippen molar-refractivity contribution in [2.75, 3.05) is 4.90 Å². The molecule has 0 bridgehead atoms. The van der Waals surface area contributed by atoms with Gasteiger partial charge in [0.05, 0.1) is 11.4 Å². The molecule has 0 fully saturated rings. The molecule has 0 spiro atoms. The predicted molar refractivity (Wildman–Crippen MR) is 217 cm³/mol. The predicted octanol–water partition coefficient (Wildman–Crippen LogP) is 14.3. The van der Waals surface area contributed by atoms with Gasteiger partial charge in [0.1, 0.15) is 0 Å². The van der Waals surface area contributed by atoms with Gasteiger partial charge in [-0.15, -0.1) is 11.3 Å². The van der Waals surface area contributed by atoms with Crippen LogP contribution in [-0.2, 0) is 0 Å². The van der Waals surface area contributed by atoms with Gasteiger partial charge in [0.25, 0.3) is 0 Å². The average Bonchev–Trinajstić information content (AvgIpc) is 3.57. The molecule has 1 heterocycles. The van der Waals surface area contributed by atoms with Crippen LogP contribution in [0.3, 0.4) is 0 Å². The van der Waals surface area contributed by atoms with Gasteiger partial charge in [-0.3, -0.25) is 0 Å². The van der Waals surface area contributed by atoms with E-state index >= 15 is 0 Å². The molecule has 9 aromatic carbocycles. The molecular formula is C48H31NS. The van der Waals surface area contributed by atoms with E-state index in [9.17, 15) is 0 Å². The molecule has 0 saturated carbocycles. The molecule has 0 aliphatic rings. The minimum absolute atomic E-state index is 1.12. The Balaban J connectivity index is 1.25. The summed E-state index contributed by atoms with van der Waals surface area (Å²) in [5.74, 6) is 0. The van der Waals surface area contributed by atoms with Crippen LogP contribution in [0, 0.1) is 0 Å². The number of para-hydroxylation sites is 1. The van der Waals surface area contributed by atoms with Crippen LogP contribution in [0.2, 0.25) is 0 Å². The third kappa shape index (κ3) is 4.69. The number of anilines is 3. The normalized spacial score (nSPS) is 11.6. The van der Waals surface area contributed by atoms with Gasteiger partial charge in [0.2, 0.25) is 0 Å². The highest BCUT2D eigenvalue weighted by Gasteiger charge is 2.22. The van der Waals surface area contributed by atoms with Gasteiger partial charge in [0, 0.05) is 31.4 Å². The summed E-state index contributed by atoms with van der Waals surface area (Å²) in [6, 6.07) is 68.9. The number of rotatable bonds is 5. The van der Waals surface area contributed by atoms with Crippen molar-refractivity contribution in [3.63, 3.8) is 0 Å². The van der Waals surface area contributed by atoms with Crippen LogP contribution in [0.1, 0.15) is 0 Å². The Morgan fingerprint density at radius 3 is 1.88 bits per heavy atom. The van der Waals surface area contributed by atoms with Crippen molar-refractivity contribution in [2.45, 2.75) is 0 Å². The number of hydrogen-bond donors (Lipinski definition) is 0. The Kier molecular flexibility index (Phi) is 6.75. The minimum Gasteiger partial charge on any atom is -0.309 e. The van der Waals surface area contributed by atoms with E-state index in [0.717, 1.165) is 11.4 Å². The van der Waals surface area contributed by atoms with Crippen molar-refractivity contribution in [3.05, 3.63) is 188 Å². The number of benzene rings is 9. The number of hydrogen-bond acceptors (Lipinski definition) is 2. The van der Waals surface area contributed by atoms with E-state index in [1.807, 2.05) is 11.3 Å². The van der Waals surface area contributed by atoms with E-state index in [0.29, 0.717) is 0 Å². The van der Waals surface area contributed by atoms with Gasteiger partial charge in [-0.05, 0) is 97.5 Å².